The summed E-state index contributed by atoms with van der Waals surface area (Å²) in [4.78, 5) is 18.3. The Morgan fingerprint density at radius 3 is 1.62 bits per heavy atom. The van der Waals surface area contributed by atoms with Crippen LogP contribution in [0.5, 0.6) is 0 Å². The van der Waals surface area contributed by atoms with Gasteiger partial charge in [-0.2, -0.15) is 0 Å². The van der Waals surface area contributed by atoms with Crippen LogP contribution >= 0.6 is 0 Å². The van der Waals surface area contributed by atoms with Crippen molar-refractivity contribution >= 4 is 12.1 Å². The Morgan fingerprint density at radius 1 is 1.38 bits per heavy atom. The van der Waals surface area contributed by atoms with Crippen LogP contribution in [0.2, 0.25) is 0 Å². The zero-order valence-corrected chi connectivity index (χ0v) is 10.2. The van der Waals surface area contributed by atoms with Gasteiger partial charge >= 0.3 is 35.5 Å². The first kappa shape index (κ1) is 23.0. The quantitative estimate of drug-likeness (QED) is 0.333. The van der Waals surface area contributed by atoms with Crippen molar-refractivity contribution in [2.24, 2.45) is 0 Å². The van der Waals surface area contributed by atoms with E-state index >= 15 is 0 Å². The number of carboxylic acid groups (broad SMARTS) is 2. The first-order chi connectivity index (χ1) is 5.50. The molecule has 6 nitrogen and oxygen atoms in total. The van der Waals surface area contributed by atoms with Crippen LogP contribution in [0, 0.1) is 0 Å². The molecule has 0 aliphatic heterocycles. The van der Waals surface area contributed by atoms with Crippen molar-refractivity contribution in [3.63, 3.8) is 0 Å². The topological polar surface area (TPSA) is 107 Å². The molecule has 2 N–H and O–H groups in total. The maximum absolute atomic E-state index is 9.82. The average Bonchev–Trinajstić information content (AvgIpc) is 1.90. The van der Waals surface area contributed by atoms with Crippen molar-refractivity contribution in [2.75, 3.05) is 13.7 Å². The molecule has 0 unspecified atom stereocenters. The molecule has 0 radical (unpaired) electrons. The standard InChI is InChI=1S/C4H8O2.CH2O3.CH4O.Na/c1-3-6-4(2)5;2-1(3)4;1-2;/h3H2,1-2H3;(H2,2,3,4);2H,1H3;/q;;;+1/p-1. The second kappa shape index (κ2) is 22.6. The van der Waals surface area contributed by atoms with E-state index in [2.05, 4.69) is 4.74 Å². The normalized spacial score (nSPS) is 5.85. The fourth-order valence-corrected chi connectivity index (χ4v) is 0.203. The summed E-state index contributed by atoms with van der Waals surface area (Å²) in [5.41, 5.74) is 0. The molecular formula is C6H13NaO6. The van der Waals surface area contributed by atoms with Gasteiger partial charge in [-0.15, -0.1) is 0 Å². The van der Waals surface area contributed by atoms with E-state index in [1.54, 1.807) is 6.92 Å². The molecular weight excluding hydrogens is 191 g/mol. The molecule has 0 atom stereocenters. The smallest absolute Gasteiger partial charge is 0.565 e. The predicted octanol–water partition coefficient (Wildman–Crippen LogP) is -3.93. The predicted molar refractivity (Wildman–Crippen MR) is 38.5 cm³/mol. The van der Waals surface area contributed by atoms with E-state index in [0.717, 1.165) is 7.11 Å². The minimum absolute atomic E-state index is 0. The number of carbonyl (C=O) groups excluding carboxylic acids is 1. The molecule has 0 aromatic carbocycles. The van der Waals surface area contributed by atoms with E-state index in [1.165, 1.54) is 6.92 Å². The third-order valence-corrected chi connectivity index (χ3v) is 0.348. The van der Waals surface area contributed by atoms with Gasteiger partial charge in [0.25, 0.3) is 0 Å². The van der Waals surface area contributed by atoms with Gasteiger partial charge in [-0.3, -0.25) is 4.79 Å². The van der Waals surface area contributed by atoms with Crippen LogP contribution < -0.4 is 34.7 Å². The molecule has 0 aliphatic carbocycles. The van der Waals surface area contributed by atoms with Crippen LogP contribution in [-0.2, 0) is 9.53 Å². The van der Waals surface area contributed by atoms with Gasteiger partial charge in [0.1, 0.15) is 0 Å². The van der Waals surface area contributed by atoms with E-state index < -0.39 is 6.16 Å². The summed E-state index contributed by atoms with van der Waals surface area (Å²) in [5, 5.41) is 22.3. The van der Waals surface area contributed by atoms with Crippen molar-refractivity contribution in [1.29, 1.82) is 0 Å². The molecule has 0 bridgehead atoms. The summed E-state index contributed by atoms with van der Waals surface area (Å²) in [5.74, 6) is -0.211. The summed E-state index contributed by atoms with van der Waals surface area (Å²) in [6.07, 6.45) is -2.08. The van der Waals surface area contributed by atoms with E-state index in [1.807, 2.05) is 0 Å². The largest absolute Gasteiger partial charge is 1.00 e. The number of carbonyl (C=O) groups is 2. The van der Waals surface area contributed by atoms with Crippen molar-refractivity contribution in [3.8, 4) is 0 Å². The summed E-state index contributed by atoms with van der Waals surface area (Å²) >= 11 is 0. The Morgan fingerprint density at radius 2 is 1.62 bits per heavy atom. The van der Waals surface area contributed by atoms with Gasteiger partial charge < -0.3 is 24.9 Å². The van der Waals surface area contributed by atoms with Crippen LogP contribution in [0.25, 0.3) is 0 Å². The van der Waals surface area contributed by atoms with Crippen LogP contribution in [-0.4, -0.2) is 36.1 Å². The van der Waals surface area contributed by atoms with Crippen LogP contribution in [0.3, 0.4) is 0 Å². The first-order valence-corrected chi connectivity index (χ1v) is 2.98. The van der Waals surface area contributed by atoms with Crippen molar-refractivity contribution in [1.82, 2.24) is 0 Å². The van der Waals surface area contributed by atoms with E-state index in [-0.39, 0.29) is 35.5 Å². The fourth-order valence-electron chi connectivity index (χ4n) is 0.203. The number of rotatable bonds is 1. The van der Waals surface area contributed by atoms with Crippen molar-refractivity contribution in [3.05, 3.63) is 0 Å². The summed E-state index contributed by atoms with van der Waals surface area (Å²) < 4.78 is 4.40. The molecule has 0 heterocycles. The van der Waals surface area contributed by atoms with Gasteiger partial charge in [-0.1, -0.05) is 0 Å². The van der Waals surface area contributed by atoms with Crippen molar-refractivity contribution < 1.29 is 59.2 Å². The number of hydrogen-bond acceptors (Lipinski definition) is 5. The average molecular weight is 204 g/mol. The molecule has 0 aromatic rings. The minimum Gasteiger partial charge on any atom is -0.565 e. The van der Waals surface area contributed by atoms with Crippen LogP contribution in [0.4, 0.5) is 4.79 Å². The number of esters is 1. The van der Waals surface area contributed by atoms with E-state index in [0.29, 0.717) is 6.61 Å². The number of ether oxygens (including phenoxy) is 1. The fraction of sp³-hybridized carbons (Fsp3) is 0.667. The molecule has 0 rings (SSSR count). The van der Waals surface area contributed by atoms with Gasteiger partial charge in [-0.25, -0.2) is 0 Å². The van der Waals surface area contributed by atoms with Crippen LogP contribution in [0.15, 0.2) is 0 Å². The Bertz CT molecular complexity index is 112. The first-order valence-electron chi connectivity index (χ1n) is 2.98. The van der Waals surface area contributed by atoms with E-state index in [9.17, 15) is 4.79 Å². The summed E-state index contributed by atoms with van der Waals surface area (Å²) in [6.45, 7) is 3.65. The zero-order chi connectivity index (χ0) is 10.6. The molecule has 0 saturated heterocycles. The molecule has 0 saturated carbocycles. The molecule has 0 spiro atoms. The molecule has 13 heavy (non-hydrogen) atoms. The van der Waals surface area contributed by atoms with E-state index in [4.69, 9.17) is 20.1 Å². The van der Waals surface area contributed by atoms with Gasteiger partial charge in [0.2, 0.25) is 6.16 Å². The number of hydrogen-bond donors (Lipinski definition) is 2. The second-order valence-corrected chi connectivity index (χ2v) is 1.19. The van der Waals surface area contributed by atoms with Gasteiger partial charge in [-0.05, 0) is 6.92 Å². The summed E-state index contributed by atoms with van der Waals surface area (Å²) in [6, 6.07) is 0. The molecule has 0 aromatic heterocycles. The zero-order valence-electron chi connectivity index (χ0n) is 8.23. The van der Waals surface area contributed by atoms with Gasteiger partial charge in [0.15, 0.2) is 0 Å². The molecule has 7 heteroatoms. The SMILES string of the molecule is CCOC(C)=O.CO.O=C([O-])O.[Na+]. The number of aliphatic hydroxyl groups excluding tert-OH is 1. The molecule has 0 amide bonds. The number of aliphatic hydroxyl groups is 1. The maximum atomic E-state index is 9.82. The van der Waals surface area contributed by atoms with Gasteiger partial charge in [0.05, 0.1) is 6.61 Å². The Kier molecular flexibility index (Phi) is 39.9. The Balaban J connectivity index is -0.0000000512. The minimum atomic E-state index is -2.08. The van der Waals surface area contributed by atoms with Gasteiger partial charge in [0, 0.05) is 14.0 Å². The maximum Gasteiger partial charge on any atom is 1.00 e. The monoisotopic (exact) mass is 204 g/mol. The molecule has 0 fully saturated rings. The van der Waals surface area contributed by atoms with Crippen molar-refractivity contribution in [2.45, 2.75) is 13.8 Å². The third kappa shape index (κ3) is 151. The molecule has 0 aliphatic rings. The molecule has 74 valence electrons. The Hall–Kier alpha value is -0.300. The Labute approximate surface area is 98.8 Å². The summed E-state index contributed by atoms with van der Waals surface area (Å²) in [7, 11) is 1.00. The van der Waals surface area contributed by atoms with Crippen LogP contribution in [0.1, 0.15) is 13.8 Å². The second-order valence-electron chi connectivity index (χ2n) is 1.19. The third-order valence-electron chi connectivity index (χ3n) is 0.348.